The predicted molar refractivity (Wildman–Crippen MR) is 62.2 cm³/mol. The van der Waals surface area contributed by atoms with Gasteiger partial charge in [-0.2, -0.15) is 0 Å². The normalized spacial score (nSPS) is 36.4. The summed E-state index contributed by atoms with van der Waals surface area (Å²) in [5.74, 6) is -0.220. The van der Waals surface area contributed by atoms with E-state index >= 15 is 0 Å². The lowest BCUT2D eigenvalue weighted by atomic mass is 9.59. The molecule has 0 aromatic rings. The quantitative estimate of drug-likeness (QED) is 0.601. The average molecular weight is 232 g/mol. The van der Waals surface area contributed by atoms with Crippen LogP contribution in [0.2, 0.25) is 0 Å². The van der Waals surface area contributed by atoms with Gasteiger partial charge in [0.25, 0.3) is 0 Å². The molecule has 3 aliphatic rings. The van der Waals surface area contributed by atoms with Crippen molar-refractivity contribution in [1.82, 2.24) is 0 Å². The van der Waals surface area contributed by atoms with Gasteiger partial charge in [0.05, 0.1) is 12.5 Å². The number of ketones is 1. The summed E-state index contributed by atoms with van der Waals surface area (Å²) in [4.78, 5) is 24.3. The first-order valence-corrected chi connectivity index (χ1v) is 6.24. The van der Waals surface area contributed by atoms with Crippen molar-refractivity contribution in [3.05, 3.63) is 23.3 Å². The van der Waals surface area contributed by atoms with E-state index in [0.29, 0.717) is 19.4 Å². The highest BCUT2D eigenvalue weighted by Gasteiger charge is 2.56. The number of fused-ring (bicyclic) bond motifs is 2. The van der Waals surface area contributed by atoms with Gasteiger partial charge in [-0.25, -0.2) is 0 Å². The van der Waals surface area contributed by atoms with Crippen molar-refractivity contribution in [2.75, 3.05) is 6.61 Å². The Bertz CT molecular complexity index is 458. The van der Waals surface area contributed by atoms with Crippen LogP contribution in [0.4, 0.5) is 0 Å². The van der Waals surface area contributed by atoms with Crippen molar-refractivity contribution in [2.45, 2.75) is 32.6 Å². The van der Waals surface area contributed by atoms with E-state index in [4.69, 9.17) is 4.74 Å². The summed E-state index contributed by atoms with van der Waals surface area (Å²) in [7, 11) is 0. The van der Waals surface area contributed by atoms with Crippen LogP contribution < -0.4 is 0 Å². The van der Waals surface area contributed by atoms with E-state index < -0.39 is 5.41 Å². The zero-order valence-corrected chi connectivity index (χ0v) is 9.99. The second kappa shape index (κ2) is 3.56. The molecule has 17 heavy (non-hydrogen) atoms. The van der Waals surface area contributed by atoms with Gasteiger partial charge in [0.1, 0.15) is 11.2 Å². The van der Waals surface area contributed by atoms with E-state index in [1.54, 1.807) is 0 Å². The van der Waals surface area contributed by atoms with Gasteiger partial charge in [0.15, 0.2) is 0 Å². The predicted octanol–water partition coefficient (Wildman–Crippen LogP) is 2.18. The molecule has 1 heterocycles. The average Bonchev–Trinajstić information content (AvgIpc) is 2.67. The molecule has 0 aromatic carbocycles. The third-order valence-electron chi connectivity index (χ3n) is 4.42. The fraction of sp³-hybridized carbons (Fsp3) is 0.571. The summed E-state index contributed by atoms with van der Waals surface area (Å²) in [5.41, 5.74) is 1.46. The minimum atomic E-state index is -0.665. The second-order valence-electron chi connectivity index (χ2n) is 5.20. The molecule has 1 aliphatic heterocycles. The number of carbonyl (C=O) groups excluding carboxylic acids is 2. The summed E-state index contributed by atoms with van der Waals surface area (Å²) in [6.07, 6.45) is 7.14. The van der Waals surface area contributed by atoms with Crippen molar-refractivity contribution in [1.29, 1.82) is 0 Å². The van der Waals surface area contributed by atoms with Gasteiger partial charge in [-0.05, 0) is 19.8 Å². The number of hydrogen-bond donors (Lipinski definition) is 0. The lowest BCUT2D eigenvalue weighted by molar-refractivity contribution is -0.149. The molecule has 2 atom stereocenters. The van der Waals surface area contributed by atoms with Gasteiger partial charge in [-0.1, -0.05) is 23.3 Å². The highest BCUT2D eigenvalue weighted by molar-refractivity contribution is 5.95. The fourth-order valence-electron chi connectivity index (χ4n) is 3.50. The molecule has 0 bridgehead atoms. The van der Waals surface area contributed by atoms with Gasteiger partial charge < -0.3 is 4.74 Å². The number of Topliss-reactive ketones (excluding diaryl/α,β-unsaturated/α-hetero) is 1. The first-order chi connectivity index (χ1) is 8.16. The van der Waals surface area contributed by atoms with E-state index in [2.05, 4.69) is 0 Å². The Balaban J connectivity index is 2.13. The fourth-order valence-corrected chi connectivity index (χ4v) is 3.50. The Labute approximate surface area is 101 Å². The Morgan fingerprint density at radius 2 is 2.12 bits per heavy atom. The topological polar surface area (TPSA) is 43.4 Å². The monoisotopic (exact) mass is 232 g/mol. The minimum absolute atomic E-state index is 0.197. The molecule has 0 N–H and O–H groups in total. The van der Waals surface area contributed by atoms with E-state index in [0.717, 1.165) is 24.0 Å². The molecular formula is C14H16O3. The molecule has 0 amide bonds. The molecule has 2 fully saturated rings. The zero-order chi connectivity index (χ0) is 12.0. The number of ether oxygens (including phenoxy) is 1. The van der Waals surface area contributed by atoms with Gasteiger partial charge in [-0.15, -0.1) is 0 Å². The van der Waals surface area contributed by atoms with E-state index in [-0.39, 0.29) is 17.7 Å². The first-order valence-electron chi connectivity index (χ1n) is 6.24. The standard InChI is InChI=1S/C14H16O3/c1-9-5-6-10-3-2-4-11(15)12(10)14(9)7-8-17-13(14)16/h5-6,12H,2-4,7-8H2,1H3/t12-,14+/m1/s1. The van der Waals surface area contributed by atoms with Gasteiger partial charge in [0.2, 0.25) is 0 Å². The number of cyclic esters (lactones) is 1. The van der Waals surface area contributed by atoms with E-state index in [1.807, 2.05) is 19.1 Å². The summed E-state index contributed by atoms with van der Waals surface area (Å²) in [5, 5.41) is 0. The molecule has 3 nitrogen and oxygen atoms in total. The van der Waals surface area contributed by atoms with Crippen molar-refractivity contribution in [2.24, 2.45) is 11.3 Å². The van der Waals surface area contributed by atoms with Crippen LogP contribution in [0.3, 0.4) is 0 Å². The van der Waals surface area contributed by atoms with Crippen LogP contribution in [-0.4, -0.2) is 18.4 Å². The summed E-state index contributed by atoms with van der Waals surface area (Å²) >= 11 is 0. The Morgan fingerprint density at radius 1 is 1.29 bits per heavy atom. The molecule has 90 valence electrons. The van der Waals surface area contributed by atoms with Crippen LogP contribution in [0, 0.1) is 11.3 Å². The maximum absolute atomic E-state index is 12.2. The Kier molecular flexibility index (Phi) is 2.25. The van der Waals surface area contributed by atoms with Crippen molar-refractivity contribution in [3.8, 4) is 0 Å². The molecule has 1 spiro atoms. The largest absolute Gasteiger partial charge is 0.465 e. The van der Waals surface area contributed by atoms with Crippen LogP contribution in [0.25, 0.3) is 0 Å². The molecule has 0 unspecified atom stereocenters. The highest BCUT2D eigenvalue weighted by Crippen LogP contribution is 2.52. The van der Waals surface area contributed by atoms with E-state index in [1.165, 1.54) is 0 Å². The number of esters is 1. The molecule has 3 rings (SSSR count). The Morgan fingerprint density at radius 3 is 2.82 bits per heavy atom. The van der Waals surface area contributed by atoms with Crippen LogP contribution in [0.15, 0.2) is 23.3 Å². The van der Waals surface area contributed by atoms with Crippen LogP contribution >= 0.6 is 0 Å². The summed E-state index contributed by atoms with van der Waals surface area (Å²) < 4.78 is 5.15. The molecular weight excluding hydrogens is 216 g/mol. The molecule has 3 heteroatoms. The van der Waals surface area contributed by atoms with Crippen LogP contribution in [-0.2, 0) is 14.3 Å². The number of carbonyl (C=O) groups is 2. The molecule has 1 saturated heterocycles. The second-order valence-corrected chi connectivity index (χ2v) is 5.20. The zero-order valence-electron chi connectivity index (χ0n) is 9.99. The molecule has 1 saturated carbocycles. The Hall–Kier alpha value is -1.38. The van der Waals surface area contributed by atoms with Gasteiger partial charge in [-0.3, -0.25) is 9.59 Å². The first kappa shape index (κ1) is 10.8. The van der Waals surface area contributed by atoms with Gasteiger partial charge in [0, 0.05) is 12.8 Å². The van der Waals surface area contributed by atoms with Crippen molar-refractivity contribution < 1.29 is 14.3 Å². The van der Waals surface area contributed by atoms with E-state index in [9.17, 15) is 9.59 Å². The minimum Gasteiger partial charge on any atom is -0.465 e. The third-order valence-corrected chi connectivity index (χ3v) is 4.42. The van der Waals surface area contributed by atoms with Gasteiger partial charge >= 0.3 is 5.97 Å². The lowest BCUT2D eigenvalue weighted by Crippen LogP contribution is -2.44. The maximum Gasteiger partial charge on any atom is 0.317 e. The lowest BCUT2D eigenvalue weighted by Gasteiger charge is -2.40. The number of rotatable bonds is 0. The number of allylic oxidation sites excluding steroid dienone is 3. The summed E-state index contributed by atoms with van der Waals surface area (Å²) in [6.45, 7) is 2.39. The SMILES string of the molecule is CC1=CC=C2CCCC(=O)[C@@H]2[C@]12CCOC2=O. The molecule has 0 aromatic heterocycles. The van der Waals surface area contributed by atoms with Crippen LogP contribution in [0.5, 0.6) is 0 Å². The maximum atomic E-state index is 12.2. The summed E-state index contributed by atoms with van der Waals surface area (Å²) in [6, 6.07) is 0. The van der Waals surface area contributed by atoms with Crippen molar-refractivity contribution >= 4 is 11.8 Å². The third kappa shape index (κ3) is 1.28. The van der Waals surface area contributed by atoms with Crippen molar-refractivity contribution in [3.63, 3.8) is 0 Å². The molecule has 2 aliphatic carbocycles. The number of hydrogen-bond acceptors (Lipinski definition) is 3. The smallest absolute Gasteiger partial charge is 0.317 e. The highest BCUT2D eigenvalue weighted by atomic mass is 16.5. The molecule has 0 radical (unpaired) electrons. The van der Waals surface area contributed by atoms with Crippen LogP contribution in [0.1, 0.15) is 32.6 Å².